The predicted molar refractivity (Wildman–Crippen MR) is 49.4 cm³/mol. The first-order valence-electron chi connectivity index (χ1n) is 5.05. The summed E-state index contributed by atoms with van der Waals surface area (Å²) in [6, 6.07) is 0.211. The highest BCUT2D eigenvalue weighted by Crippen LogP contribution is 2.38. The van der Waals surface area contributed by atoms with Gasteiger partial charge in [0.15, 0.2) is 0 Å². The van der Waals surface area contributed by atoms with Gasteiger partial charge in [-0.3, -0.25) is 9.80 Å². The lowest BCUT2D eigenvalue weighted by atomic mass is 9.78. The number of nitrogens with zero attached hydrogens (tertiary/aromatic N) is 2. The summed E-state index contributed by atoms with van der Waals surface area (Å²) in [7, 11) is 0. The summed E-state index contributed by atoms with van der Waals surface area (Å²) in [4.78, 5) is 21.2. The summed E-state index contributed by atoms with van der Waals surface area (Å²) < 4.78 is 0. The monoisotopic (exact) mass is 198 g/mol. The van der Waals surface area contributed by atoms with E-state index < -0.39 is 5.97 Å². The molecule has 0 radical (unpaired) electrons. The second-order valence-electron chi connectivity index (χ2n) is 4.21. The molecule has 0 aromatic heterocycles. The van der Waals surface area contributed by atoms with Crippen LogP contribution in [-0.4, -0.2) is 28.7 Å². The fourth-order valence-corrected chi connectivity index (χ4v) is 2.74. The van der Waals surface area contributed by atoms with Gasteiger partial charge in [-0.25, -0.2) is 0 Å². The third-order valence-electron chi connectivity index (χ3n) is 3.51. The highest BCUT2D eigenvalue weighted by Gasteiger charge is 2.41. The van der Waals surface area contributed by atoms with Crippen molar-refractivity contribution in [2.24, 2.45) is 17.1 Å². The maximum atomic E-state index is 10.8. The van der Waals surface area contributed by atoms with E-state index in [4.69, 9.17) is 5.11 Å². The molecule has 1 heterocycles. The van der Waals surface area contributed by atoms with Gasteiger partial charge in [0, 0.05) is 6.54 Å². The molecule has 1 aliphatic carbocycles. The van der Waals surface area contributed by atoms with Crippen LogP contribution in [0.4, 0.5) is 0 Å². The number of fused-ring (bicyclic) bond motifs is 1. The zero-order valence-corrected chi connectivity index (χ0v) is 7.93. The van der Waals surface area contributed by atoms with Gasteiger partial charge in [-0.1, -0.05) is 0 Å². The maximum Gasteiger partial charge on any atom is 0.306 e. The average Bonchev–Trinajstić information content (AvgIpc) is 2.59. The number of hydrogen-bond acceptors (Lipinski definition) is 3. The summed E-state index contributed by atoms with van der Waals surface area (Å²) in [6.07, 6.45) is 3.11. The number of carbonyl (C=O) groups is 1. The minimum absolute atomic E-state index is 0.206. The first-order valence-corrected chi connectivity index (χ1v) is 5.05. The Kier molecular flexibility index (Phi) is 2.39. The Labute approximate surface area is 82.0 Å². The molecular formula is C9H14N2O3. The molecule has 1 aliphatic heterocycles. The summed E-state index contributed by atoms with van der Waals surface area (Å²) in [5.41, 5.74) is 0. The van der Waals surface area contributed by atoms with Crippen LogP contribution in [0.15, 0.2) is 5.29 Å². The molecule has 0 aromatic carbocycles. The van der Waals surface area contributed by atoms with Crippen molar-refractivity contribution in [1.82, 2.24) is 5.01 Å². The summed E-state index contributed by atoms with van der Waals surface area (Å²) in [5.74, 6) is -0.536. The Morgan fingerprint density at radius 2 is 2.14 bits per heavy atom. The van der Waals surface area contributed by atoms with Crippen molar-refractivity contribution in [2.45, 2.75) is 31.7 Å². The standard InChI is InChI=1S/C9H14N2O3/c12-9(13)7-1-2-8-6(5-7)3-4-11(8)10-14/h6-8H,1-5H2,(H,12,13). The van der Waals surface area contributed by atoms with Crippen molar-refractivity contribution in [3.05, 3.63) is 4.91 Å². The zero-order valence-electron chi connectivity index (χ0n) is 7.93. The normalized spacial score (nSPS) is 36.6. The predicted octanol–water partition coefficient (Wildman–Crippen LogP) is 1.24. The Morgan fingerprint density at radius 3 is 2.79 bits per heavy atom. The van der Waals surface area contributed by atoms with E-state index in [0.29, 0.717) is 25.3 Å². The van der Waals surface area contributed by atoms with Crippen molar-refractivity contribution in [2.75, 3.05) is 6.54 Å². The minimum atomic E-state index is -0.694. The van der Waals surface area contributed by atoms with Crippen LogP contribution in [0.1, 0.15) is 25.7 Å². The number of aliphatic carboxylic acids is 1. The molecule has 0 bridgehead atoms. The fraction of sp³-hybridized carbons (Fsp3) is 0.889. The molecule has 14 heavy (non-hydrogen) atoms. The number of rotatable bonds is 2. The highest BCUT2D eigenvalue weighted by atomic mass is 16.4. The summed E-state index contributed by atoms with van der Waals surface area (Å²) in [6.45, 7) is 0.700. The van der Waals surface area contributed by atoms with E-state index >= 15 is 0 Å². The van der Waals surface area contributed by atoms with E-state index in [0.717, 1.165) is 12.8 Å². The van der Waals surface area contributed by atoms with E-state index in [1.807, 2.05) is 0 Å². The Morgan fingerprint density at radius 1 is 1.36 bits per heavy atom. The van der Waals surface area contributed by atoms with Crippen molar-refractivity contribution in [1.29, 1.82) is 0 Å². The Balaban J connectivity index is 2.00. The zero-order chi connectivity index (χ0) is 10.1. The van der Waals surface area contributed by atoms with Crippen LogP contribution in [0.3, 0.4) is 0 Å². The van der Waals surface area contributed by atoms with Gasteiger partial charge in [0.2, 0.25) is 0 Å². The first-order chi connectivity index (χ1) is 6.72. The van der Waals surface area contributed by atoms with Gasteiger partial charge < -0.3 is 5.11 Å². The lowest BCUT2D eigenvalue weighted by Gasteiger charge is -2.31. The van der Waals surface area contributed by atoms with Crippen LogP contribution < -0.4 is 0 Å². The Bertz CT molecular complexity index is 256. The van der Waals surface area contributed by atoms with E-state index in [9.17, 15) is 9.70 Å². The van der Waals surface area contributed by atoms with Crippen molar-refractivity contribution < 1.29 is 9.90 Å². The molecule has 2 fully saturated rings. The Hall–Kier alpha value is -1.13. The van der Waals surface area contributed by atoms with Crippen LogP contribution >= 0.6 is 0 Å². The van der Waals surface area contributed by atoms with Crippen molar-refractivity contribution in [3.63, 3.8) is 0 Å². The smallest absolute Gasteiger partial charge is 0.306 e. The molecule has 2 rings (SSSR count). The van der Waals surface area contributed by atoms with Crippen molar-refractivity contribution >= 4 is 5.97 Å². The molecule has 0 spiro atoms. The van der Waals surface area contributed by atoms with Gasteiger partial charge in [-0.2, -0.15) is 0 Å². The van der Waals surface area contributed by atoms with Crippen LogP contribution in [-0.2, 0) is 4.79 Å². The van der Waals surface area contributed by atoms with Gasteiger partial charge in [-0.15, -0.1) is 4.91 Å². The third-order valence-corrected chi connectivity index (χ3v) is 3.51. The lowest BCUT2D eigenvalue weighted by molar-refractivity contribution is -0.143. The number of carboxylic acid groups (broad SMARTS) is 1. The lowest BCUT2D eigenvalue weighted by Crippen LogP contribution is -2.35. The number of hydrogen-bond donors (Lipinski definition) is 1. The molecule has 1 saturated heterocycles. The molecular weight excluding hydrogens is 184 g/mol. The molecule has 0 aromatic rings. The fourth-order valence-electron chi connectivity index (χ4n) is 2.74. The van der Waals surface area contributed by atoms with Gasteiger partial charge in [0.25, 0.3) is 0 Å². The van der Waals surface area contributed by atoms with Crippen LogP contribution in [0.5, 0.6) is 0 Å². The second-order valence-corrected chi connectivity index (χ2v) is 4.21. The second kappa shape index (κ2) is 3.55. The molecule has 78 valence electrons. The number of carboxylic acids is 1. The molecule has 5 heteroatoms. The van der Waals surface area contributed by atoms with E-state index in [-0.39, 0.29) is 12.0 Å². The van der Waals surface area contributed by atoms with E-state index in [1.54, 1.807) is 5.01 Å². The van der Waals surface area contributed by atoms with Crippen LogP contribution in [0.25, 0.3) is 0 Å². The van der Waals surface area contributed by atoms with Crippen LogP contribution in [0.2, 0.25) is 0 Å². The molecule has 0 amide bonds. The molecule has 3 atom stereocenters. The van der Waals surface area contributed by atoms with E-state index in [2.05, 4.69) is 5.29 Å². The molecule has 5 nitrogen and oxygen atoms in total. The molecule has 1 N–H and O–H groups in total. The van der Waals surface area contributed by atoms with E-state index in [1.165, 1.54) is 0 Å². The maximum absolute atomic E-state index is 10.8. The number of nitroso groups, excluding NO2 is 1. The third kappa shape index (κ3) is 1.47. The summed E-state index contributed by atoms with van der Waals surface area (Å²) in [5, 5.41) is 13.4. The summed E-state index contributed by atoms with van der Waals surface area (Å²) >= 11 is 0. The first kappa shape index (κ1) is 9.43. The van der Waals surface area contributed by atoms with Gasteiger partial charge >= 0.3 is 5.97 Å². The topological polar surface area (TPSA) is 70.0 Å². The average molecular weight is 198 g/mol. The largest absolute Gasteiger partial charge is 0.481 e. The van der Waals surface area contributed by atoms with Gasteiger partial charge in [0.05, 0.1) is 17.2 Å². The van der Waals surface area contributed by atoms with Gasteiger partial charge in [0.1, 0.15) is 0 Å². The van der Waals surface area contributed by atoms with Gasteiger partial charge in [-0.05, 0) is 31.6 Å². The van der Waals surface area contributed by atoms with Crippen molar-refractivity contribution in [3.8, 4) is 0 Å². The van der Waals surface area contributed by atoms with Crippen LogP contribution in [0, 0.1) is 16.7 Å². The minimum Gasteiger partial charge on any atom is -0.481 e. The SMILES string of the molecule is O=NN1CCC2CC(C(=O)O)CCC21. The quantitative estimate of drug-likeness (QED) is 0.678. The molecule has 1 saturated carbocycles. The molecule has 3 unspecified atom stereocenters. The highest BCUT2D eigenvalue weighted by molar-refractivity contribution is 5.70. The molecule has 2 aliphatic rings.